The molecule has 3 nitrogen and oxygen atoms in total. The number of allylic oxidation sites excluding steroid dienone is 2. The minimum atomic E-state index is -1.15. The lowest BCUT2D eigenvalue weighted by molar-refractivity contribution is -0.109. The molecule has 0 heterocycles. The Kier molecular flexibility index (Phi) is 4.55. The lowest BCUT2D eigenvalue weighted by Gasteiger charge is -2.37. The van der Waals surface area contributed by atoms with Crippen molar-refractivity contribution in [3.63, 3.8) is 0 Å². The maximum Gasteiger partial charge on any atom is 0.167 e. The highest BCUT2D eigenvalue weighted by Crippen LogP contribution is 2.48. The van der Waals surface area contributed by atoms with Gasteiger partial charge in [0, 0.05) is 18.3 Å². The van der Waals surface area contributed by atoms with Crippen LogP contribution in [-0.4, -0.2) is 6.29 Å². The number of rotatable bonds is 4. The van der Waals surface area contributed by atoms with Gasteiger partial charge in [0.15, 0.2) is 5.41 Å². The SMILES string of the molecule is CCC1=C[C@@H](c2ccccc2)C[C@@H](CC=O)C1(C#N)C#N. The molecule has 0 spiro atoms. The molecule has 0 amide bonds. The maximum atomic E-state index is 11.0. The summed E-state index contributed by atoms with van der Waals surface area (Å²) in [4.78, 5) is 11.0. The first-order valence-corrected chi connectivity index (χ1v) is 7.24. The van der Waals surface area contributed by atoms with Crippen molar-refractivity contribution in [3.8, 4) is 12.1 Å². The molecule has 21 heavy (non-hydrogen) atoms. The second-order valence-electron chi connectivity index (χ2n) is 5.43. The summed E-state index contributed by atoms with van der Waals surface area (Å²) in [5.41, 5.74) is 0.865. The van der Waals surface area contributed by atoms with Crippen LogP contribution in [0.2, 0.25) is 0 Å². The Morgan fingerprint density at radius 1 is 1.29 bits per heavy atom. The molecule has 2 atom stereocenters. The molecule has 0 bridgehead atoms. The third-order valence-electron chi connectivity index (χ3n) is 4.40. The predicted molar refractivity (Wildman–Crippen MR) is 80.0 cm³/mol. The van der Waals surface area contributed by atoms with Crippen LogP contribution in [0.15, 0.2) is 42.0 Å². The molecule has 1 aromatic rings. The van der Waals surface area contributed by atoms with Gasteiger partial charge >= 0.3 is 0 Å². The first kappa shape index (κ1) is 15.0. The zero-order valence-electron chi connectivity index (χ0n) is 12.1. The van der Waals surface area contributed by atoms with E-state index in [-0.39, 0.29) is 18.3 Å². The normalized spacial score (nSPS) is 23.5. The molecule has 0 radical (unpaired) electrons. The van der Waals surface area contributed by atoms with Crippen LogP contribution in [0.25, 0.3) is 0 Å². The van der Waals surface area contributed by atoms with Gasteiger partial charge < -0.3 is 4.79 Å². The third kappa shape index (κ3) is 2.60. The minimum absolute atomic E-state index is 0.168. The smallest absolute Gasteiger partial charge is 0.167 e. The van der Waals surface area contributed by atoms with E-state index in [1.54, 1.807) is 0 Å². The first-order valence-electron chi connectivity index (χ1n) is 7.24. The number of aldehydes is 1. The lowest BCUT2D eigenvalue weighted by Crippen LogP contribution is -2.35. The summed E-state index contributed by atoms with van der Waals surface area (Å²) >= 11 is 0. The number of carbonyl (C=O) groups is 1. The van der Waals surface area contributed by atoms with E-state index in [2.05, 4.69) is 30.3 Å². The van der Waals surface area contributed by atoms with Gasteiger partial charge in [-0.25, -0.2) is 0 Å². The van der Waals surface area contributed by atoms with E-state index in [4.69, 9.17) is 0 Å². The van der Waals surface area contributed by atoms with E-state index < -0.39 is 5.41 Å². The van der Waals surface area contributed by atoms with Gasteiger partial charge in [-0.15, -0.1) is 0 Å². The van der Waals surface area contributed by atoms with Gasteiger partial charge in [-0.3, -0.25) is 0 Å². The van der Waals surface area contributed by atoms with Crippen molar-refractivity contribution in [3.05, 3.63) is 47.5 Å². The van der Waals surface area contributed by atoms with E-state index >= 15 is 0 Å². The zero-order chi connectivity index (χ0) is 15.3. The predicted octanol–water partition coefficient (Wildman–Crippen LogP) is 3.75. The molecule has 0 aliphatic heterocycles. The van der Waals surface area contributed by atoms with Crippen molar-refractivity contribution in [2.24, 2.45) is 11.3 Å². The highest BCUT2D eigenvalue weighted by atomic mass is 16.1. The monoisotopic (exact) mass is 278 g/mol. The average Bonchev–Trinajstić information content (AvgIpc) is 2.55. The summed E-state index contributed by atoms with van der Waals surface area (Å²) < 4.78 is 0. The fourth-order valence-electron chi connectivity index (χ4n) is 3.26. The van der Waals surface area contributed by atoms with Gasteiger partial charge in [0.25, 0.3) is 0 Å². The van der Waals surface area contributed by atoms with Gasteiger partial charge in [-0.2, -0.15) is 10.5 Å². The van der Waals surface area contributed by atoms with Gasteiger partial charge in [0.1, 0.15) is 6.29 Å². The Morgan fingerprint density at radius 3 is 2.48 bits per heavy atom. The van der Waals surface area contributed by atoms with E-state index in [1.165, 1.54) is 5.56 Å². The molecular formula is C18H18N2O. The summed E-state index contributed by atoms with van der Waals surface area (Å²) in [5.74, 6) is -0.0731. The van der Waals surface area contributed by atoms with E-state index in [9.17, 15) is 15.3 Å². The summed E-state index contributed by atoms with van der Waals surface area (Å²) in [5, 5.41) is 19.1. The number of nitriles is 2. The number of benzene rings is 1. The van der Waals surface area contributed by atoms with Crippen LogP contribution in [0, 0.1) is 34.0 Å². The highest BCUT2D eigenvalue weighted by Gasteiger charge is 2.46. The summed E-state index contributed by atoms with van der Waals surface area (Å²) in [6.45, 7) is 1.96. The Balaban J connectivity index is 2.50. The van der Waals surface area contributed by atoms with Crippen molar-refractivity contribution >= 4 is 6.29 Å². The first-order chi connectivity index (χ1) is 10.2. The van der Waals surface area contributed by atoms with Crippen molar-refractivity contribution in [2.45, 2.75) is 32.1 Å². The van der Waals surface area contributed by atoms with Crippen LogP contribution >= 0.6 is 0 Å². The largest absolute Gasteiger partial charge is 0.303 e. The van der Waals surface area contributed by atoms with Crippen LogP contribution in [0.5, 0.6) is 0 Å². The maximum absolute atomic E-state index is 11.0. The topological polar surface area (TPSA) is 64.7 Å². The summed E-state index contributed by atoms with van der Waals surface area (Å²) in [6, 6.07) is 14.4. The average molecular weight is 278 g/mol. The van der Waals surface area contributed by atoms with Gasteiger partial charge in [-0.1, -0.05) is 43.3 Å². The molecule has 0 saturated heterocycles. The van der Waals surface area contributed by atoms with Crippen molar-refractivity contribution in [1.29, 1.82) is 10.5 Å². The van der Waals surface area contributed by atoms with Crippen LogP contribution in [-0.2, 0) is 4.79 Å². The Bertz CT molecular complexity index is 605. The fraction of sp³-hybridized carbons (Fsp3) is 0.389. The molecule has 106 valence electrons. The van der Waals surface area contributed by atoms with E-state index in [0.717, 1.165) is 11.9 Å². The number of hydrogen-bond acceptors (Lipinski definition) is 3. The highest BCUT2D eigenvalue weighted by molar-refractivity contribution is 5.53. The molecule has 0 N–H and O–H groups in total. The second kappa shape index (κ2) is 6.37. The van der Waals surface area contributed by atoms with E-state index in [1.807, 2.05) is 25.1 Å². The molecule has 0 aromatic heterocycles. The van der Waals surface area contributed by atoms with Crippen molar-refractivity contribution < 1.29 is 4.79 Å². The molecule has 0 saturated carbocycles. The third-order valence-corrected chi connectivity index (χ3v) is 4.40. The van der Waals surface area contributed by atoms with Gasteiger partial charge in [-0.05, 0) is 24.0 Å². The second-order valence-corrected chi connectivity index (χ2v) is 5.43. The minimum Gasteiger partial charge on any atom is -0.303 e. The van der Waals surface area contributed by atoms with Crippen molar-refractivity contribution in [2.75, 3.05) is 0 Å². The number of nitrogens with zero attached hydrogens (tertiary/aromatic N) is 2. The summed E-state index contributed by atoms with van der Waals surface area (Å²) in [6.07, 6.45) is 4.45. The quantitative estimate of drug-likeness (QED) is 0.622. The molecule has 0 unspecified atom stereocenters. The van der Waals surface area contributed by atoms with Crippen LogP contribution < -0.4 is 0 Å². The standard InChI is InChI=1S/C18H18N2O/c1-2-16-10-15(14-6-4-3-5-7-14)11-17(8-9-21)18(16,12-19)13-20/h3-7,9-10,15,17H,2,8,11H2,1H3/t15-,17-/m1/s1. The zero-order valence-corrected chi connectivity index (χ0v) is 12.1. The lowest BCUT2D eigenvalue weighted by atomic mass is 9.62. The molecule has 0 fully saturated rings. The van der Waals surface area contributed by atoms with E-state index in [0.29, 0.717) is 12.8 Å². The molecule has 1 aliphatic rings. The van der Waals surface area contributed by atoms with Gasteiger partial charge in [0.05, 0.1) is 12.1 Å². The van der Waals surface area contributed by atoms with Gasteiger partial charge in [0.2, 0.25) is 0 Å². The van der Waals surface area contributed by atoms with Crippen molar-refractivity contribution in [1.82, 2.24) is 0 Å². The molecule has 2 rings (SSSR count). The molecule has 1 aromatic carbocycles. The Morgan fingerprint density at radius 2 is 1.95 bits per heavy atom. The number of carbonyl (C=O) groups excluding carboxylic acids is 1. The Labute approximate surface area is 125 Å². The Hall–Kier alpha value is -2.39. The number of hydrogen-bond donors (Lipinski definition) is 0. The van der Waals surface area contributed by atoms with Crippen LogP contribution in [0.3, 0.4) is 0 Å². The molecule has 3 heteroatoms. The molecule has 1 aliphatic carbocycles. The van der Waals surface area contributed by atoms with Crippen LogP contribution in [0.1, 0.15) is 37.7 Å². The van der Waals surface area contributed by atoms with Crippen LogP contribution in [0.4, 0.5) is 0 Å². The molecular weight excluding hydrogens is 260 g/mol. The summed E-state index contributed by atoms with van der Waals surface area (Å²) in [7, 11) is 0. The fourth-order valence-corrected chi connectivity index (χ4v) is 3.26.